The van der Waals surface area contributed by atoms with Gasteiger partial charge in [0.15, 0.2) is 6.61 Å². The van der Waals surface area contributed by atoms with Crippen molar-refractivity contribution in [2.45, 2.75) is 25.8 Å². The number of amides is 1. The maximum Gasteiger partial charge on any atom is 0.408 e. The fourth-order valence-electron chi connectivity index (χ4n) is 1.96. The van der Waals surface area contributed by atoms with E-state index in [0.29, 0.717) is 5.56 Å². The van der Waals surface area contributed by atoms with Crippen molar-refractivity contribution in [3.8, 4) is 0 Å². The van der Waals surface area contributed by atoms with E-state index in [4.69, 9.17) is 0 Å². The standard InChI is InChI=1S/C12H13F2NO2/c1-7-3-4-9(8(2)5-7)10-12(13,14)6-17-11(16)15-10/h3-5,10H,6H2,1-2H3,(H,15,16)/t10-/m0/s1. The lowest BCUT2D eigenvalue weighted by molar-refractivity contribution is -0.104. The van der Waals surface area contributed by atoms with Crippen molar-refractivity contribution in [1.29, 1.82) is 0 Å². The van der Waals surface area contributed by atoms with E-state index in [9.17, 15) is 13.6 Å². The summed E-state index contributed by atoms with van der Waals surface area (Å²) < 4.78 is 31.6. The van der Waals surface area contributed by atoms with Crippen LogP contribution in [0.25, 0.3) is 0 Å². The Kier molecular flexibility index (Phi) is 2.77. The molecule has 5 heteroatoms. The Morgan fingerprint density at radius 1 is 1.41 bits per heavy atom. The van der Waals surface area contributed by atoms with Crippen LogP contribution >= 0.6 is 0 Å². The Labute approximate surface area is 97.8 Å². The highest BCUT2D eigenvalue weighted by atomic mass is 19.3. The largest absolute Gasteiger partial charge is 0.443 e. The molecule has 0 saturated carbocycles. The highest BCUT2D eigenvalue weighted by molar-refractivity contribution is 5.69. The number of halogens is 2. The molecule has 0 unspecified atom stereocenters. The van der Waals surface area contributed by atoms with Gasteiger partial charge < -0.3 is 10.1 Å². The van der Waals surface area contributed by atoms with Gasteiger partial charge >= 0.3 is 12.0 Å². The Hall–Kier alpha value is -1.65. The van der Waals surface area contributed by atoms with Gasteiger partial charge in [0.25, 0.3) is 0 Å². The molecular weight excluding hydrogens is 228 g/mol. The van der Waals surface area contributed by atoms with E-state index in [2.05, 4.69) is 10.1 Å². The van der Waals surface area contributed by atoms with Gasteiger partial charge in [-0.15, -0.1) is 0 Å². The Bertz CT molecular complexity index is 460. The summed E-state index contributed by atoms with van der Waals surface area (Å²) in [6.07, 6.45) is -0.805. The first-order valence-corrected chi connectivity index (χ1v) is 5.28. The summed E-state index contributed by atoms with van der Waals surface area (Å²) >= 11 is 0. The van der Waals surface area contributed by atoms with Crippen molar-refractivity contribution < 1.29 is 18.3 Å². The summed E-state index contributed by atoms with van der Waals surface area (Å²) in [4.78, 5) is 11.0. The fourth-order valence-corrected chi connectivity index (χ4v) is 1.96. The van der Waals surface area contributed by atoms with E-state index in [-0.39, 0.29) is 0 Å². The van der Waals surface area contributed by atoms with Crippen LogP contribution in [0.15, 0.2) is 18.2 Å². The smallest absolute Gasteiger partial charge is 0.408 e. The van der Waals surface area contributed by atoms with E-state index < -0.39 is 24.7 Å². The van der Waals surface area contributed by atoms with Crippen molar-refractivity contribution in [1.82, 2.24) is 5.32 Å². The van der Waals surface area contributed by atoms with Crippen LogP contribution in [0.5, 0.6) is 0 Å². The SMILES string of the molecule is Cc1ccc([C@@H]2NC(=O)OCC2(F)F)c(C)c1. The van der Waals surface area contributed by atoms with E-state index in [0.717, 1.165) is 11.1 Å². The van der Waals surface area contributed by atoms with Crippen molar-refractivity contribution in [2.75, 3.05) is 6.61 Å². The highest BCUT2D eigenvalue weighted by Crippen LogP contribution is 2.35. The Morgan fingerprint density at radius 3 is 2.76 bits per heavy atom. The van der Waals surface area contributed by atoms with Crippen molar-refractivity contribution in [3.63, 3.8) is 0 Å². The third-order valence-electron chi connectivity index (χ3n) is 2.82. The number of cyclic esters (lactones) is 1. The maximum absolute atomic E-state index is 13.7. The highest BCUT2D eigenvalue weighted by Gasteiger charge is 2.47. The molecule has 0 aliphatic carbocycles. The van der Waals surface area contributed by atoms with E-state index in [1.54, 1.807) is 19.1 Å². The van der Waals surface area contributed by atoms with Crippen molar-refractivity contribution in [2.24, 2.45) is 0 Å². The molecule has 1 fully saturated rings. The van der Waals surface area contributed by atoms with Gasteiger partial charge in [-0.2, -0.15) is 0 Å². The van der Waals surface area contributed by atoms with Crippen LogP contribution in [0.4, 0.5) is 13.6 Å². The van der Waals surface area contributed by atoms with E-state index in [1.807, 2.05) is 13.0 Å². The molecule has 1 heterocycles. The first-order chi connectivity index (χ1) is 7.90. The zero-order chi connectivity index (χ0) is 12.6. The van der Waals surface area contributed by atoms with Gasteiger partial charge in [0.05, 0.1) is 0 Å². The summed E-state index contributed by atoms with van der Waals surface area (Å²) in [5.41, 5.74) is 2.15. The number of carbonyl (C=O) groups excluding carboxylic acids is 1. The van der Waals surface area contributed by atoms with Gasteiger partial charge in [-0.05, 0) is 25.0 Å². The molecule has 1 aromatic carbocycles. The zero-order valence-corrected chi connectivity index (χ0v) is 9.59. The number of nitrogens with one attached hydrogen (secondary N) is 1. The van der Waals surface area contributed by atoms with Crippen LogP contribution in [0.3, 0.4) is 0 Å². The van der Waals surface area contributed by atoms with Crippen molar-refractivity contribution in [3.05, 3.63) is 34.9 Å². The molecule has 1 N–H and O–H groups in total. The monoisotopic (exact) mass is 241 g/mol. The number of hydrogen-bond acceptors (Lipinski definition) is 2. The van der Waals surface area contributed by atoms with Crippen molar-refractivity contribution >= 4 is 6.09 Å². The van der Waals surface area contributed by atoms with Gasteiger partial charge in [0.2, 0.25) is 0 Å². The predicted molar refractivity (Wildman–Crippen MR) is 58.1 cm³/mol. The number of ether oxygens (including phenoxy) is 1. The minimum atomic E-state index is -3.09. The van der Waals surface area contributed by atoms with Crippen LogP contribution < -0.4 is 5.32 Å². The zero-order valence-electron chi connectivity index (χ0n) is 9.59. The van der Waals surface area contributed by atoms with Gasteiger partial charge in [0, 0.05) is 0 Å². The predicted octanol–water partition coefficient (Wildman–Crippen LogP) is 2.72. The lowest BCUT2D eigenvalue weighted by Gasteiger charge is -2.32. The third kappa shape index (κ3) is 2.23. The molecule has 1 aliphatic heterocycles. The van der Waals surface area contributed by atoms with Gasteiger partial charge in [-0.3, -0.25) is 0 Å². The quantitative estimate of drug-likeness (QED) is 0.821. The molecular formula is C12H13F2NO2. The van der Waals surface area contributed by atoms with Crippen LogP contribution in [-0.2, 0) is 4.74 Å². The van der Waals surface area contributed by atoms with Crippen LogP contribution in [0, 0.1) is 13.8 Å². The first-order valence-electron chi connectivity index (χ1n) is 5.28. The molecule has 1 aromatic rings. The van der Waals surface area contributed by atoms with E-state index in [1.165, 1.54) is 0 Å². The molecule has 1 amide bonds. The second-order valence-electron chi connectivity index (χ2n) is 4.27. The third-order valence-corrected chi connectivity index (χ3v) is 2.82. The Morgan fingerprint density at radius 2 is 2.12 bits per heavy atom. The summed E-state index contributed by atoms with van der Waals surface area (Å²) in [5, 5.41) is 2.17. The summed E-state index contributed by atoms with van der Waals surface area (Å²) in [7, 11) is 0. The molecule has 17 heavy (non-hydrogen) atoms. The normalized spacial score (nSPS) is 22.8. The number of alkyl carbamates (subject to hydrolysis) is 1. The lowest BCUT2D eigenvalue weighted by Crippen LogP contribution is -2.49. The molecule has 2 rings (SSSR count). The van der Waals surface area contributed by atoms with Crippen LogP contribution in [0.2, 0.25) is 0 Å². The molecule has 3 nitrogen and oxygen atoms in total. The number of alkyl halides is 2. The topological polar surface area (TPSA) is 38.3 Å². The number of benzene rings is 1. The first kappa shape index (κ1) is 11.8. The molecule has 0 radical (unpaired) electrons. The average molecular weight is 241 g/mol. The van der Waals surface area contributed by atoms with Gasteiger partial charge in [-0.25, -0.2) is 13.6 Å². The van der Waals surface area contributed by atoms with Crippen LogP contribution in [0.1, 0.15) is 22.7 Å². The van der Waals surface area contributed by atoms with E-state index >= 15 is 0 Å². The minimum Gasteiger partial charge on any atom is -0.443 e. The molecule has 1 atom stereocenters. The number of aryl methyl sites for hydroxylation is 2. The van der Waals surface area contributed by atoms with Gasteiger partial charge in [-0.1, -0.05) is 23.8 Å². The molecule has 0 spiro atoms. The molecule has 0 aromatic heterocycles. The number of carbonyl (C=O) groups is 1. The minimum absolute atomic E-state index is 0.428. The molecule has 0 bridgehead atoms. The Balaban J connectivity index is 2.39. The second kappa shape index (κ2) is 3.98. The summed E-state index contributed by atoms with van der Waals surface area (Å²) in [5.74, 6) is -3.09. The van der Waals surface area contributed by atoms with Crippen LogP contribution in [-0.4, -0.2) is 18.6 Å². The summed E-state index contributed by atoms with van der Waals surface area (Å²) in [6, 6.07) is 3.87. The summed E-state index contributed by atoms with van der Waals surface area (Å²) in [6.45, 7) is 2.76. The number of rotatable bonds is 1. The second-order valence-corrected chi connectivity index (χ2v) is 4.27. The molecule has 1 aliphatic rings. The molecule has 92 valence electrons. The lowest BCUT2D eigenvalue weighted by atomic mass is 9.94. The average Bonchev–Trinajstić information content (AvgIpc) is 2.23. The fraction of sp³-hybridized carbons (Fsp3) is 0.417. The number of hydrogen-bond donors (Lipinski definition) is 1. The van der Waals surface area contributed by atoms with Gasteiger partial charge in [0.1, 0.15) is 6.04 Å². The maximum atomic E-state index is 13.7. The molecule has 1 saturated heterocycles.